The minimum Gasteiger partial charge on any atom is -0.0992 e. The van der Waals surface area contributed by atoms with E-state index in [1.807, 2.05) is 0 Å². The fourth-order valence-electron chi connectivity index (χ4n) is 2.62. The third-order valence-corrected chi connectivity index (χ3v) is 3.70. The minimum absolute atomic E-state index is 0.536. The predicted molar refractivity (Wildman–Crippen MR) is 54.7 cm³/mol. The van der Waals surface area contributed by atoms with E-state index in [-0.39, 0.29) is 0 Å². The molecule has 13 heavy (non-hydrogen) atoms. The molecule has 2 aliphatic carbocycles. The third kappa shape index (κ3) is 0.980. The Bertz CT molecular complexity index is 375. The number of rotatable bonds is 0. The van der Waals surface area contributed by atoms with Crippen molar-refractivity contribution < 1.29 is 0 Å². The molecule has 0 aromatic heterocycles. The first-order valence-corrected chi connectivity index (χ1v) is 5.05. The second-order valence-electron chi connectivity index (χ2n) is 4.51. The molecule has 0 radical (unpaired) electrons. The Morgan fingerprint density at radius 2 is 1.77 bits per heavy atom. The zero-order valence-corrected chi connectivity index (χ0v) is 7.84. The van der Waals surface area contributed by atoms with Gasteiger partial charge in [-0.2, -0.15) is 0 Å². The summed E-state index contributed by atoms with van der Waals surface area (Å²) in [6.07, 6.45) is 5.13. The Morgan fingerprint density at radius 3 is 2.46 bits per heavy atom. The number of fused-ring (bicyclic) bond motifs is 1. The maximum atomic E-state index is 4.12. The molecule has 1 atom stereocenters. The zero-order chi connectivity index (χ0) is 8.89. The van der Waals surface area contributed by atoms with Gasteiger partial charge in [0.15, 0.2) is 0 Å². The maximum absolute atomic E-state index is 4.12. The van der Waals surface area contributed by atoms with Crippen LogP contribution in [0.2, 0.25) is 0 Å². The van der Waals surface area contributed by atoms with E-state index >= 15 is 0 Å². The molecule has 2 aliphatic rings. The Labute approximate surface area is 79.3 Å². The summed E-state index contributed by atoms with van der Waals surface area (Å²) in [6.45, 7) is 4.12. The third-order valence-electron chi connectivity index (χ3n) is 3.70. The van der Waals surface area contributed by atoms with E-state index in [1.54, 1.807) is 11.1 Å². The van der Waals surface area contributed by atoms with Gasteiger partial charge in [0.25, 0.3) is 0 Å². The van der Waals surface area contributed by atoms with E-state index in [9.17, 15) is 0 Å². The van der Waals surface area contributed by atoms with E-state index in [0.717, 1.165) is 0 Å². The van der Waals surface area contributed by atoms with Crippen LogP contribution < -0.4 is 0 Å². The normalized spacial score (nSPS) is 30.3. The van der Waals surface area contributed by atoms with Crippen LogP contribution in [0.4, 0.5) is 0 Å². The molecule has 0 heterocycles. The van der Waals surface area contributed by atoms with Gasteiger partial charge in [-0.1, -0.05) is 36.4 Å². The van der Waals surface area contributed by atoms with E-state index in [1.165, 1.54) is 31.3 Å². The summed E-state index contributed by atoms with van der Waals surface area (Å²) in [7, 11) is 0. The number of benzene rings is 1. The second-order valence-corrected chi connectivity index (χ2v) is 4.51. The highest BCUT2D eigenvalue weighted by Gasteiger charge is 2.48. The zero-order valence-electron chi connectivity index (χ0n) is 7.84. The molecule has 1 fully saturated rings. The fourth-order valence-corrected chi connectivity index (χ4v) is 2.62. The predicted octanol–water partition coefficient (Wildman–Crippen LogP) is 3.12. The van der Waals surface area contributed by atoms with Crippen molar-refractivity contribution >= 4 is 0 Å². The minimum atomic E-state index is 0.536. The van der Waals surface area contributed by atoms with Crippen molar-refractivity contribution in [2.45, 2.75) is 25.7 Å². The van der Waals surface area contributed by atoms with Gasteiger partial charge < -0.3 is 0 Å². The van der Waals surface area contributed by atoms with Crippen LogP contribution >= 0.6 is 0 Å². The van der Waals surface area contributed by atoms with E-state index in [4.69, 9.17) is 0 Å². The molecule has 0 saturated heterocycles. The molecular formula is C13H14. The molecule has 1 aromatic carbocycles. The summed E-state index contributed by atoms with van der Waals surface area (Å²) in [4.78, 5) is 0. The van der Waals surface area contributed by atoms with Gasteiger partial charge in [0.2, 0.25) is 0 Å². The van der Waals surface area contributed by atoms with Crippen molar-refractivity contribution in [1.82, 2.24) is 0 Å². The smallest absolute Gasteiger partial charge is 0.000965 e. The van der Waals surface area contributed by atoms with E-state index in [2.05, 4.69) is 30.8 Å². The van der Waals surface area contributed by atoms with Crippen LogP contribution in [0.15, 0.2) is 36.4 Å². The summed E-state index contributed by atoms with van der Waals surface area (Å²) in [5.41, 5.74) is 5.15. The van der Waals surface area contributed by atoms with E-state index < -0.39 is 0 Å². The lowest BCUT2D eigenvalue weighted by Crippen LogP contribution is -2.15. The Hall–Kier alpha value is -1.04. The molecule has 3 rings (SSSR count). The fraction of sp³-hybridized carbons (Fsp3) is 0.385. The van der Waals surface area contributed by atoms with Crippen molar-refractivity contribution in [3.05, 3.63) is 47.5 Å². The Kier molecular flexibility index (Phi) is 1.28. The van der Waals surface area contributed by atoms with Crippen LogP contribution in [0.3, 0.4) is 0 Å². The maximum Gasteiger partial charge on any atom is -0.000965 e. The van der Waals surface area contributed by atoms with Crippen LogP contribution in [-0.4, -0.2) is 0 Å². The lowest BCUT2D eigenvalue weighted by Gasteiger charge is -2.23. The monoisotopic (exact) mass is 170 g/mol. The molecule has 0 amide bonds. The molecule has 1 saturated carbocycles. The molecule has 1 aromatic rings. The van der Waals surface area contributed by atoms with Crippen LogP contribution in [0.5, 0.6) is 0 Å². The molecule has 0 nitrogen and oxygen atoms in total. The van der Waals surface area contributed by atoms with Gasteiger partial charge >= 0.3 is 0 Å². The van der Waals surface area contributed by atoms with Crippen LogP contribution in [-0.2, 0) is 12.8 Å². The highest BCUT2D eigenvalue weighted by Crippen LogP contribution is 2.58. The van der Waals surface area contributed by atoms with E-state index in [0.29, 0.717) is 5.41 Å². The molecule has 0 heteroatoms. The van der Waals surface area contributed by atoms with Gasteiger partial charge in [-0.3, -0.25) is 0 Å². The Balaban J connectivity index is 2.00. The molecule has 66 valence electrons. The van der Waals surface area contributed by atoms with Crippen LogP contribution in [0.1, 0.15) is 24.0 Å². The molecular weight excluding hydrogens is 156 g/mol. The van der Waals surface area contributed by atoms with Crippen molar-refractivity contribution in [2.24, 2.45) is 5.41 Å². The number of aryl methyl sites for hydroxylation is 1. The van der Waals surface area contributed by atoms with Gasteiger partial charge in [-0.15, -0.1) is 0 Å². The van der Waals surface area contributed by atoms with Crippen LogP contribution in [0, 0.1) is 5.41 Å². The Morgan fingerprint density at radius 1 is 1.08 bits per heavy atom. The van der Waals surface area contributed by atoms with Crippen molar-refractivity contribution in [2.75, 3.05) is 0 Å². The summed E-state index contributed by atoms with van der Waals surface area (Å²) in [6, 6.07) is 8.86. The van der Waals surface area contributed by atoms with Crippen LogP contribution in [0.25, 0.3) is 0 Å². The summed E-state index contributed by atoms with van der Waals surface area (Å²) >= 11 is 0. The standard InChI is InChI=1S/C13H14/c1-10-8-13(10)7-6-11-4-2-3-5-12(11)9-13/h2-5H,1,6-9H2/t13-/m1/s1. The van der Waals surface area contributed by atoms with Gasteiger partial charge in [-0.05, 0) is 42.2 Å². The highest BCUT2D eigenvalue weighted by molar-refractivity contribution is 5.40. The van der Waals surface area contributed by atoms with Crippen molar-refractivity contribution in [1.29, 1.82) is 0 Å². The molecule has 0 bridgehead atoms. The van der Waals surface area contributed by atoms with Gasteiger partial charge in [-0.25, -0.2) is 0 Å². The number of hydrogen-bond donors (Lipinski definition) is 0. The summed E-state index contributed by atoms with van der Waals surface area (Å²) < 4.78 is 0. The average molecular weight is 170 g/mol. The van der Waals surface area contributed by atoms with Gasteiger partial charge in [0.05, 0.1) is 0 Å². The number of hydrogen-bond acceptors (Lipinski definition) is 0. The highest BCUT2D eigenvalue weighted by atomic mass is 14.5. The van der Waals surface area contributed by atoms with Gasteiger partial charge in [0.1, 0.15) is 0 Å². The summed E-state index contributed by atoms with van der Waals surface area (Å²) in [5.74, 6) is 0. The van der Waals surface area contributed by atoms with Crippen molar-refractivity contribution in [3.8, 4) is 0 Å². The molecule has 1 spiro atoms. The van der Waals surface area contributed by atoms with Crippen molar-refractivity contribution in [3.63, 3.8) is 0 Å². The molecule has 0 unspecified atom stereocenters. The number of allylic oxidation sites excluding steroid dienone is 1. The lowest BCUT2D eigenvalue weighted by molar-refractivity contribution is 0.461. The first-order chi connectivity index (χ1) is 6.30. The topological polar surface area (TPSA) is 0 Å². The first kappa shape index (κ1) is 7.37. The average Bonchev–Trinajstić information content (AvgIpc) is 2.76. The largest absolute Gasteiger partial charge is 0.0992 e. The SMILES string of the molecule is C=C1C[C@@]12CCc1ccccc1C2. The first-order valence-electron chi connectivity index (χ1n) is 5.05. The second kappa shape index (κ2) is 2.25. The van der Waals surface area contributed by atoms with Gasteiger partial charge in [0, 0.05) is 0 Å². The molecule has 0 N–H and O–H groups in total. The summed E-state index contributed by atoms with van der Waals surface area (Å²) in [5, 5.41) is 0. The quantitative estimate of drug-likeness (QED) is 0.525. The lowest BCUT2D eigenvalue weighted by atomic mass is 9.81. The molecule has 0 aliphatic heterocycles.